The molecule has 5 nitrogen and oxygen atoms in total. The second-order valence-corrected chi connectivity index (χ2v) is 6.58. The minimum Gasteiger partial charge on any atom is -0.468 e. The molecule has 3 aromatic rings. The van der Waals surface area contributed by atoms with Crippen molar-refractivity contribution in [2.45, 2.75) is 16.1 Å². The summed E-state index contributed by atoms with van der Waals surface area (Å²) in [5.41, 5.74) is 0.692. The van der Waals surface area contributed by atoms with Crippen LogP contribution < -0.4 is 10.1 Å². The van der Waals surface area contributed by atoms with Crippen molar-refractivity contribution >= 4 is 23.4 Å². The van der Waals surface area contributed by atoms with Crippen molar-refractivity contribution in [2.75, 3.05) is 11.9 Å². The van der Waals surface area contributed by atoms with Gasteiger partial charge in [0.15, 0.2) is 6.61 Å². The number of alkyl halides is 3. The number of nitrogens with one attached hydrogen (secondary N) is 1. The first kappa shape index (κ1) is 19.7. The third kappa shape index (κ3) is 5.71. The quantitative estimate of drug-likeness (QED) is 0.637. The summed E-state index contributed by atoms with van der Waals surface area (Å²) in [6, 6.07) is 15.4. The average Bonchev–Trinajstić information content (AvgIpc) is 2.68. The fourth-order valence-electron chi connectivity index (χ4n) is 2.14. The van der Waals surface area contributed by atoms with E-state index in [4.69, 9.17) is 0 Å². The van der Waals surface area contributed by atoms with Gasteiger partial charge < -0.3 is 10.1 Å². The summed E-state index contributed by atoms with van der Waals surface area (Å²) in [5, 5.41) is 3.18. The van der Waals surface area contributed by atoms with Crippen LogP contribution in [0.25, 0.3) is 0 Å². The van der Waals surface area contributed by atoms with E-state index in [1.54, 1.807) is 18.3 Å². The largest absolute Gasteiger partial charge is 0.468 e. The molecule has 0 spiro atoms. The number of benzene rings is 1. The monoisotopic (exact) mass is 405 g/mol. The summed E-state index contributed by atoms with van der Waals surface area (Å²) in [7, 11) is 0. The summed E-state index contributed by atoms with van der Waals surface area (Å²) in [6.45, 7) is -1.43. The van der Waals surface area contributed by atoms with Crippen molar-refractivity contribution in [3.8, 4) is 5.88 Å². The Morgan fingerprint density at radius 1 is 1.04 bits per heavy atom. The van der Waals surface area contributed by atoms with E-state index >= 15 is 0 Å². The Labute approximate surface area is 163 Å². The van der Waals surface area contributed by atoms with E-state index in [0.717, 1.165) is 4.90 Å². The molecular weight excluding hydrogens is 391 g/mol. The SMILES string of the molecule is O=C(Nc1ccc(OCC(F)(F)F)nc1)c1cccnc1Sc1ccccc1. The standard InChI is InChI=1S/C19H14F3N3O2S/c20-19(21,22)12-27-16-9-8-13(11-24-16)25-17(26)15-7-4-10-23-18(15)28-14-5-2-1-3-6-14/h1-11H,12H2,(H,25,26). The summed E-state index contributed by atoms with van der Waals surface area (Å²) >= 11 is 1.35. The van der Waals surface area contributed by atoms with Crippen LogP contribution in [0.1, 0.15) is 10.4 Å². The molecule has 0 saturated heterocycles. The first-order chi connectivity index (χ1) is 13.4. The molecule has 1 amide bonds. The summed E-state index contributed by atoms with van der Waals surface area (Å²) in [6.07, 6.45) is -1.62. The van der Waals surface area contributed by atoms with Gasteiger partial charge in [0.1, 0.15) is 5.03 Å². The number of halogens is 3. The van der Waals surface area contributed by atoms with E-state index in [-0.39, 0.29) is 5.88 Å². The number of rotatable bonds is 6. The Hall–Kier alpha value is -3.07. The van der Waals surface area contributed by atoms with Crippen LogP contribution in [0.4, 0.5) is 18.9 Å². The Kier molecular flexibility index (Phi) is 6.15. The van der Waals surface area contributed by atoms with E-state index < -0.39 is 18.7 Å². The van der Waals surface area contributed by atoms with Gasteiger partial charge in [-0.15, -0.1) is 0 Å². The number of anilines is 1. The molecule has 28 heavy (non-hydrogen) atoms. The van der Waals surface area contributed by atoms with Crippen molar-refractivity contribution in [3.63, 3.8) is 0 Å². The highest BCUT2D eigenvalue weighted by Crippen LogP contribution is 2.28. The number of ether oxygens (including phenoxy) is 1. The highest BCUT2D eigenvalue weighted by atomic mass is 32.2. The van der Waals surface area contributed by atoms with Crippen LogP contribution in [0, 0.1) is 0 Å². The maximum absolute atomic E-state index is 12.6. The molecule has 9 heteroatoms. The van der Waals surface area contributed by atoms with Crippen molar-refractivity contribution in [1.29, 1.82) is 0 Å². The van der Waals surface area contributed by atoms with Crippen LogP contribution in [0.15, 0.2) is 76.9 Å². The zero-order chi connectivity index (χ0) is 20.0. The molecule has 3 rings (SSSR count). The summed E-state index contributed by atoms with van der Waals surface area (Å²) in [5.74, 6) is -0.589. The molecule has 0 fully saturated rings. The Balaban J connectivity index is 1.68. The molecule has 0 aliphatic rings. The maximum atomic E-state index is 12.6. The molecule has 0 aliphatic carbocycles. The van der Waals surface area contributed by atoms with Crippen LogP contribution >= 0.6 is 11.8 Å². The second-order valence-electron chi connectivity index (χ2n) is 5.51. The first-order valence-corrected chi connectivity index (χ1v) is 8.87. The molecular formula is C19H14F3N3O2S. The van der Waals surface area contributed by atoms with Gasteiger partial charge in [-0.3, -0.25) is 4.79 Å². The zero-order valence-corrected chi connectivity index (χ0v) is 15.1. The maximum Gasteiger partial charge on any atom is 0.422 e. The van der Waals surface area contributed by atoms with Crippen molar-refractivity contribution in [1.82, 2.24) is 9.97 Å². The van der Waals surface area contributed by atoms with Gasteiger partial charge >= 0.3 is 6.18 Å². The van der Waals surface area contributed by atoms with Crippen LogP contribution in [0.2, 0.25) is 0 Å². The van der Waals surface area contributed by atoms with Gasteiger partial charge in [-0.05, 0) is 30.3 Å². The highest BCUT2D eigenvalue weighted by Gasteiger charge is 2.28. The van der Waals surface area contributed by atoms with E-state index in [2.05, 4.69) is 20.0 Å². The summed E-state index contributed by atoms with van der Waals surface area (Å²) < 4.78 is 41.0. The predicted molar refractivity (Wildman–Crippen MR) is 98.5 cm³/mol. The van der Waals surface area contributed by atoms with E-state index in [9.17, 15) is 18.0 Å². The molecule has 0 aliphatic heterocycles. The third-order valence-corrected chi connectivity index (χ3v) is 4.38. The Morgan fingerprint density at radius 3 is 2.50 bits per heavy atom. The minimum absolute atomic E-state index is 0.183. The smallest absolute Gasteiger partial charge is 0.422 e. The molecule has 0 radical (unpaired) electrons. The molecule has 144 valence electrons. The average molecular weight is 405 g/mol. The Bertz CT molecular complexity index is 935. The van der Waals surface area contributed by atoms with Gasteiger partial charge in [0.2, 0.25) is 5.88 Å². The van der Waals surface area contributed by atoms with Crippen LogP contribution in [-0.2, 0) is 0 Å². The lowest BCUT2D eigenvalue weighted by Gasteiger charge is -2.10. The number of aromatic nitrogens is 2. The number of hydrogen-bond acceptors (Lipinski definition) is 5. The lowest BCUT2D eigenvalue weighted by molar-refractivity contribution is -0.154. The van der Waals surface area contributed by atoms with Gasteiger partial charge in [0.05, 0.1) is 17.4 Å². The normalized spacial score (nSPS) is 11.1. The van der Waals surface area contributed by atoms with E-state index in [0.29, 0.717) is 16.3 Å². The summed E-state index contributed by atoms with van der Waals surface area (Å²) in [4.78, 5) is 21.5. The van der Waals surface area contributed by atoms with Gasteiger partial charge in [-0.1, -0.05) is 30.0 Å². The lowest BCUT2D eigenvalue weighted by atomic mass is 10.2. The third-order valence-electron chi connectivity index (χ3n) is 3.35. The Morgan fingerprint density at radius 2 is 1.82 bits per heavy atom. The predicted octanol–water partition coefficient (Wildman–Crippen LogP) is 4.82. The van der Waals surface area contributed by atoms with Crippen molar-refractivity contribution in [2.24, 2.45) is 0 Å². The fraction of sp³-hybridized carbons (Fsp3) is 0.105. The first-order valence-electron chi connectivity index (χ1n) is 8.05. The molecule has 0 saturated carbocycles. The number of carbonyl (C=O) groups excluding carboxylic acids is 1. The van der Waals surface area contributed by atoms with Gasteiger partial charge in [0, 0.05) is 17.2 Å². The van der Waals surface area contributed by atoms with Gasteiger partial charge in [-0.2, -0.15) is 13.2 Å². The van der Waals surface area contributed by atoms with Crippen LogP contribution in [-0.4, -0.2) is 28.7 Å². The van der Waals surface area contributed by atoms with E-state index in [1.807, 2.05) is 30.3 Å². The second kappa shape index (κ2) is 8.75. The van der Waals surface area contributed by atoms with Crippen molar-refractivity contribution in [3.05, 3.63) is 72.6 Å². The molecule has 0 bridgehead atoms. The lowest BCUT2D eigenvalue weighted by Crippen LogP contribution is -2.19. The molecule has 1 aromatic carbocycles. The topological polar surface area (TPSA) is 64.1 Å². The molecule has 0 unspecified atom stereocenters. The molecule has 1 N–H and O–H groups in total. The van der Waals surface area contributed by atoms with Crippen molar-refractivity contribution < 1.29 is 22.7 Å². The minimum atomic E-state index is -4.44. The fourth-order valence-corrected chi connectivity index (χ4v) is 3.04. The molecule has 2 aromatic heterocycles. The van der Waals surface area contributed by atoms with Crippen LogP contribution in [0.5, 0.6) is 5.88 Å². The number of nitrogens with zero attached hydrogens (tertiary/aromatic N) is 2. The molecule has 2 heterocycles. The van der Waals surface area contributed by atoms with Crippen LogP contribution in [0.3, 0.4) is 0 Å². The number of amides is 1. The number of pyridine rings is 2. The highest BCUT2D eigenvalue weighted by molar-refractivity contribution is 7.99. The number of hydrogen-bond donors (Lipinski definition) is 1. The van der Waals surface area contributed by atoms with Gasteiger partial charge in [-0.25, -0.2) is 9.97 Å². The van der Waals surface area contributed by atoms with Gasteiger partial charge in [0.25, 0.3) is 5.91 Å². The zero-order valence-electron chi connectivity index (χ0n) is 14.3. The molecule has 0 atom stereocenters. The number of carbonyl (C=O) groups is 1. The van der Waals surface area contributed by atoms with E-state index in [1.165, 1.54) is 30.1 Å².